The minimum Gasteiger partial charge on any atom is -0.341 e. The van der Waals surface area contributed by atoms with Crippen molar-refractivity contribution in [3.05, 3.63) is 227 Å². The minimum absolute atomic E-state index is 0.612. The highest BCUT2D eigenvalue weighted by molar-refractivity contribution is 5.89. The minimum atomic E-state index is -0.946. The van der Waals surface area contributed by atoms with Crippen LogP contribution in [0.5, 0.6) is 0 Å². The van der Waals surface area contributed by atoms with Crippen LogP contribution in [0.1, 0.15) is 33.4 Å². The molecular formula is C47H45N5. The summed E-state index contributed by atoms with van der Waals surface area (Å²) < 4.78 is 0. The lowest BCUT2D eigenvalue weighted by atomic mass is 9.86. The van der Waals surface area contributed by atoms with Crippen molar-refractivity contribution in [1.29, 1.82) is 0 Å². The van der Waals surface area contributed by atoms with E-state index >= 15 is 0 Å². The summed E-state index contributed by atoms with van der Waals surface area (Å²) >= 11 is 0. The first-order valence-electron chi connectivity index (χ1n) is 18.2. The molecule has 0 spiro atoms. The number of benzene rings is 6. The van der Waals surface area contributed by atoms with Gasteiger partial charge in [-0.1, -0.05) is 182 Å². The van der Waals surface area contributed by atoms with E-state index < -0.39 is 11.4 Å². The van der Waals surface area contributed by atoms with E-state index in [0.29, 0.717) is 38.9 Å². The molecule has 0 saturated heterocycles. The van der Waals surface area contributed by atoms with Crippen LogP contribution in [0.25, 0.3) is 0 Å². The second-order valence-electron chi connectivity index (χ2n) is 14.0. The van der Waals surface area contributed by atoms with Gasteiger partial charge in [0, 0.05) is 45.1 Å². The van der Waals surface area contributed by atoms with Gasteiger partial charge in [-0.05, 0) is 33.4 Å². The van der Waals surface area contributed by atoms with Crippen LogP contribution in [0, 0.1) is 0 Å². The van der Waals surface area contributed by atoms with Crippen molar-refractivity contribution >= 4 is 5.84 Å². The zero-order valence-corrected chi connectivity index (χ0v) is 29.5. The number of aliphatic imine (C=N–C) groups is 1. The van der Waals surface area contributed by atoms with Gasteiger partial charge >= 0.3 is 0 Å². The quantitative estimate of drug-likeness (QED) is 0.141. The monoisotopic (exact) mass is 679 g/mol. The summed E-state index contributed by atoms with van der Waals surface area (Å²) in [5.41, 5.74) is 15.7. The summed E-state index contributed by atoms with van der Waals surface area (Å²) in [7, 11) is 0. The van der Waals surface area contributed by atoms with Crippen molar-refractivity contribution in [1.82, 2.24) is 14.7 Å². The average Bonchev–Trinajstić information content (AvgIpc) is 3.46. The molecule has 0 amide bonds. The maximum absolute atomic E-state index is 8.15. The molecule has 0 aromatic heterocycles. The maximum atomic E-state index is 8.15. The van der Waals surface area contributed by atoms with E-state index in [9.17, 15) is 0 Å². The smallest absolute Gasteiger partial charge is 0.152 e. The number of rotatable bonds is 12. The maximum Gasteiger partial charge on any atom is 0.152 e. The molecule has 52 heavy (non-hydrogen) atoms. The summed E-state index contributed by atoms with van der Waals surface area (Å²) in [4.78, 5) is 13.2. The Morgan fingerprint density at radius 3 is 1.35 bits per heavy atom. The second kappa shape index (κ2) is 14.8. The Hall–Kier alpha value is -5.75. The Bertz CT molecular complexity index is 2100. The van der Waals surface area contributed by atoms with Crippen LogP contribution < -0.4 is 5.73 Å². The Labute approximate surface area is 308 Å². The molecule has 0 fully saturated rings. The number of fused-ring (bicyclic) bond motifs is 1. The summed E-state index contributed by atoms with van der Waals surface area (Å²) in [5.74, 6) is 0.0942. The molecule has 2 atom stereocenters. The van der Waals surface area contributed by atoms with Gasteiger partial charge in [0.15, 0.2) is 5.79 Å². The van der Waals surface area contributed by atoms with Crippen molar-refractivity contribution < 1.29 is 0 Å². The third kappa shape index (κ3) is 6.81. The molecule has 0 bridgehead atoms. The fourth-order valence-corrected chi connectivity index (χ4v) is 7.94. The standard InChI is InChI=1S/C47H45N5/c48-47(33-40-23-11-3-12-24-40)50(34-41-25-13-4-14-26-41)37-44-46(32-39-21-9-2-10-22-39,52(47)36-43-29-17-6-18-30-43)51(35-42-27-15-5-16-28-42)45(49-44)31-38-19-7-1-8-20-38/h1-30,37H,31-36,48H2. The number of nitrogens with zero attached hydrogens (tertiary/aromatic N) is 4. The first kappa shape index (κ1) is 33.4. The fraction of sp³-hybridized carbons (Fsp3) is 0.170. The molecule has 5 heteroatoms. The van der Waals surface area contributed by atoms with Crippen molar-refractivity contribution in [2.75, 3.05) is 0 Å². The third-order valence-corrected chi connectivity index (χ3v) is 10.5. The van der Waals surface area contributed by atoms with E-state index in [4.69, 9.17) is 10.7 Å². The average molecular weight is 680 g/mol. The van der Waals surface area contributed by atoms with Crippen molar-refractivity contribution in [2.45, 2.75) is 50.3 Å². The van der Waals surface area contributed by atoms with Crippen LogP contribution in [0.3, 0.4) is 0 Å². The van der Waals surface area contributed by atoms with E-state index in [-0.39, 0.29) is 0 Å². The van der Waals surface area contributed by atoms with Crippen LogP contribution in [0.4, 0.5) is 0 Å². The molecule has 2 heterocycles. The molecule has 8 rings (SSSR count). The van der Waals surface area contributed by atoms with E-state index in [1.54, 1.807) is 0 Å². The van der Waals surface area contributed by atoms with Crippen LogP contribution in [-0.4, -0.2) is 32.0 Å². The van der Waals surface area contributed by atoms with Crippen molar-refractivity contribution in [2.24, 2.45) is 10.7 Å². The lowest BCUT2D eigenvalue weighted by molar-refractivity contribution is -0.149. The highest BCUT2D eigenvalue weighted by Crippen LogP contribution is 2.49. The van der Waals surface area contributed by atoms with Crippen LogP contribution in [-0.2, 0) is 38.9 Å². The molecule has 0 radical (unpaired) electrons. The number of hydrogen-bond acceptors (Lipinski definition) is 5. The van der Waals surface area contributed by atoms with Crippen molar-refractivity contribution in [3.63, 3.8) is 0 Å². The van der Waals surface area contributed by atoms with Crippen LogP contribution >= 0.6 is 0 Å². The van der Waals surface area contributed by atoms with Gasteiger partial charge in [-0.2, -0.15) is 0 Å². The Balaban J connectivity index is 1.38. The van der Waals surface area contributed by atoms with E-state index in [2.05, 4.69) is 203 Å². The van der Waals surface area contributed by atoms with Gasteiger partial charge in [0.2, 0.25) is 0 Å². The number of nitrogens with two attached hydrogens (primary N) is 1. The molecule has 258 valence electrons. The van der Waals surface area contributed by atoms with Gasteiger partial charge in [-0.3, -0.25) is 5.73 Å². The topological polar surface area (TPSA) is 48.1 Å². The van der Waals surface area contributed by atoms with E-state index in [1.807, 2.05) is 0 Å². The summed E-state index contributed by atoms with van der Waals surface area (Å²) in [6.45, 7) is 1.95. The molecule has 0 aliphatic carbocycles. The largest absolute Gasteiger partial charge is 0.341 e. The van der Waals surface area contributed by atoms with Gasteiger partial charge in [0.05, 0.1) is 5.70 Å². The predicted octanol–water partition coefficient (Wildman–Crippen LogP) is 8.80. The van der Waals surface area contributed by atoms with E-state index in [0.717, 1.165) is 11.5 Å². The molecule has 5 nitrogen and oxygen atoms in total. The van der Waals surface area contributed by atoms with Crippen LogP contribution in [0.15, 0.2) is 199 Å². The van der Waals surface area contributed by atoms with Crippen molar-refractivity contribution in [3.8, 4) is 0 Å². The van der Waals surface area contributed by atoms with Gasteiger partial charge < -0.3 is 9.80 Å². The van der Waals surface area contributed by atoms with Gasteiger partial charge in [-0.25, -0.2) is 9.89 Å². The SMILES string of the molecule is NC1(Cc2ccccc2)N(Cc2ccccc2)C=C2N=C(Cc3ccccc3)N(Cc3ccccc3)C2(Cc2ccccc2)N1Cc1ccccc1. The summed E-state index contributed by atoms with van der Waals surface area (Å²) in [6, 6.07) is 64.6. The number of amidine groups is 1. The lowest BCUT2D eigenvalue weighted by Crippen LogP contribution is -2.78. The first-order chi connectivity index (χ1) is 25.6. The molecule has 6 aromatic carbocycles. The van der Waals surface area contributed by atoms with E-state index in [1.165, 1.54) is 33.4 Å². The molecule has 0 saturated carbocycles. The highest BCUT2D eigenvalue weighted by Gasteiger charge is 2.60. The summed E-state index contributed by atoms with van der Waals surface area (Å²) in [5, 5.41) is 0. The Morgan fingerprint density at radius 1 is 0.442 bits per heavy atom. The molecule has 2 unspecified atom stereocenters. The normalized spacial score (nSPS) is 19.9. The first-order valence-corrected chi connectivity index (χ1v) is 18.2. The molecular weight excluding hydrogens is 635 g/mol. The zero-order chi connectivity index (χ0) is 35.2. The lowest BCUT2D eigenvalue weighted by Gasteiger charge is -2.61. The Kier molecular flexibility index (Phi) is 9.54. The van der Waals surface area contributed by atoms with Crippen LogP contribution in [0.2, 0.25) is 0 Å². The fourth-order valence-electron chi connectivity index (χ4n) is 7.94. The zero-order valence-electron chi connectivity index (χ0n) is 29.5. The molecule has 2 aliphatic heterocycles. The predicted molar refractivity (Wildman–Crippen MR) is 212 cm³/mol. The summed E-state index contributed by atoms with van der Waals surface area (Å²) in [6.07, 6.45) is 4.31. The second-order valence-corrected chi connectivity index (χ2v) is 14.0. The molecule has 2 aliphatic rings. The third-order valence-electron chi connectivity index (χ3n) is 10.5. The Morgan fingerprint density at radius 2 is 0.846 bits per heavy atom. The van der Waals surface area contributed by atoms with Gasteiger partial charge in [0.1, 0.15) is 11.5 Å². The van der Waals surface area contributed by atoms with Gasteiger partial charge in [-0.15, -0.1) is 0 Å². The molecule has 2 N–H and O–H groups in total. The van der Waals surface area contributed by atoms with Gasteiger partial charge in [0.25, 0.3) is 0 Å². The number of hydrogen-bond donors (Lipinski definition) is 1. The highest BCUT2D eigenvalue weighted by atomic mass is 15.6. The molecule has 6 aromatic rings.